The number of nitrogens with one attached hydrogen (secondary N) is 1. The van der Waals surface area contributed by atoms with Crippen molar-refractivity contribution in [3.05, 3.63) is 59.1 Å². The summed E-state index contributed by atoms with van der Waals surface area (Å²) < 4.78 is 5.35. The molecular weight excluding hydrogens is 440 g/mol. The molecule has 3 atom stereocenters. The van der Waals surface area contributed by atoms with Crippen LogP contribution < -0.4 is 10.1 Å². The number of anilines is 1. The van der Waals surface area contributed by atoms with E-state index in [9.17, 15) is 14.4 Å². The van der Waals surface area contributed by atoms with Crippen LogP contribution in [0.4, 0.5) is 5.69 Å². The lowest BCUT2D eigenvalue weighted by atomic mass is 9.62. The van der Waals surface area contributed by atoms with E-state index in [-0.39, 0.29) is 24.2 Å². The van der Waals surface area contributed by atoms with Gasteiger partial charge in [-0.1, -0.05) is 62.7 Å². The Morgan fingerprint density at radius 1 is 1.18 bits per heavy atom. The van der Waals surface area contributed by atoms with Crippen molar-refractivity contribution in [2.24, 2.45) is 16.7 Å². The molecule has 4 rings (SSSR count). The van der Waals surface area contributed by atoms with E-state index in [1.165, 1.54) is 12.0 Å². The largest absolute Gasteiger partial charge is 0.495 e. The Bertz CT molecular complexity index is 1100. The molecule has 1 N–H and O–H groups in total. The lowest BCUT2D eigenvalue weighted by Gasteiger charge is -2.49. The van der Waals surface area contributed by atoms with Gasteiger partial charge in [-0.05, 0) is 42.0 Å². The normalized spacial score (nSPS) is 24.5. The van der Waals surface area contributed by atoms with Gasteiger partial charge in [0.15, 0.2) is 0 Å². The molecule has 1 saturated carbocycles. The summed E-state index contributed by atoms with van der Waals surface area (Å²) in [4.78, 5) is 42.2. The number of piperidine rings is 1. The number of carbonyl (C=O) groups is 3. The molecule has 1 aliphatic carbocycles. The fourth-order valence-electron chi connectivity index (χ4n) is 5.28. The summed E-state index contributed by atoms with van der Waals surface area (Å²) in [6.45, 7) is 5.90. The van der Waals surface area contributed by atoms with Gasteiger partial charge in [-0.25, -0.2) is 0 Å². The van der Waals surface area contributed by atoms with E-state index < -0.39 is 22.8 Å². The third kappa shape index (κ3) is 3.80. The quantitative estimate of drug-likeness (QED) is 0.623. The smallest absolute Gasteiger partial charge is 0.248 e. The number of nitrogens with zero attached hydrogens (tertiary/aromatic N) is 1. The van der Waals surface area contributed by atoms with E-state index >= 15 is 0 Å². The highest BCUT2D eigenvalue weighted by Gasteiger charge is 2.65. The van der Waals surface area contributed by atoms with E-state index in [0.29, 0.717) is 29.3 Å². The molecule has 0 aromatic heterocycles. The number of halogens is 1. The summed E-state index contributed by atoms with van der Waals surface area (Å²) in [6.07, 6.45) is 1.50. The van der Waals surface area contributed by atoms with Gasteiger partial charge in [0, 0.05) is 17.4 Å². The van der Waals surface area contributed by atoms with E-state index in [1.54, 1.807) is 18.2 Å². The molecule has 3 unspecified atom stereocenters. The third-order valence-electron chi connectivity index (χ3n) is 7.76. The molecule has 2 bridgehead atoms. The second-order valence-electron chi connectivity index (χ2n) is 9.70. The van der Waals surface area contributed by atoms with Crippen LogP contribution in [0.1, 0.15) is 39.2 Å². The first-order valence-corrected chi connectivity index (χ1v) is 11.5. The lowest BCUT2D eigenvalue weighted by molar-refractivity contribution is -0.172. The van der Waals surface area contributed by atoms with Gasteiger partial charge in [-0.2, -0.15) is 0 Å². The first-order valence-electron chi connectivity index (χ1n) is 11.2. The van der Waals surface area contributed by atoms with Gasteiger partial charge in [-0.3, -0.25) is 19.3 Å². The number of amides is 3. The first kappa shape index (κ1) is 23.3. The minimum atomic E-state index is -0.993. The van der Waals surface area contributed by atoms with Crippen molar-refractivity contribution in [3.8, 4) is 5.75 Å². The van der Waals surface area contributed by atoms with Gasteiger partial charge in [0.25, 0.3) is 0 Å². The Kier molecular flexibility index (Phi) is 5.99. The van der Waals surface area contributed by atoms with E-state index in [2.05, 4.69) is 5.32 Å². The summed E-state index contributed by atoms with van der Waals surface area (Å²) in [5.41, 5.74) is 0.0917. The van der Waals surface area contributed by atoms with Crippen LogP contribution in [0, 0.1) is 16.7 Å². The average molecular weight is 469 g/mol. The molecule has 0 spiro atoms. The SMILES string of the molecule is COc1ccc(Cl)cc1NC(=O)C(Cc1ccccc1)N1C(=O)C2CCC(C)(C1=O)C2(C)C. The standard InChI is InChI=1S/C26H29ClN2O4/c1-25(2)18-12-13-26(25,3)24(32)29(23(18)31)20(14-16-8-6-5-7-9-16)22(30)28-19-15-17(27)10-11-21(19)33-4/h5-11,15,18,20H,12-14H2,1-4H3,(H,28,30). The van der Waals surface area contributed by atoms with Crippen molar-refractivity contribution >= 4 is 35.0 Å². The maximum Gasteiger partial charge on any atom is 0.248 e. The zero-order valence-corrected chi connectivity index (χ0v) is 20.1. The Morgan fingerprint density at radius 2 is 1.88 bits per heavy atom. The average Bonchev–Trinajstić information content (AvgIpc) is 2.97. The molecule has 2 aliphatic rings. The monoisotopic (exact) mass is 468 g/mol. The summed E-state index contributed by atoms with van der Waals surface area (Å²) in [5, 5.41) is 3.28. The van der Waals surface area contributed by atoms with Crippen molar-refractivity contribution < 1.29 is 19.1 Å². The summed E-state index contributed by atoms with van der Waals surface area (Å²) in [5.74, 6) is -0.860. The van der Waals surface area contributed by atoms with Gasteiger partial charge in [0.1, 0.15) is 11.8 Å². The van der Waals surface area contributed by atoms with Gasteiger partial charge < -0.3 is 10.1 Å². The van der Waals surface area contributed by atoms with Crippen LogP contribution in [0.25, 0.3) is 0 Å². The van der Waals surface area contributed by atoms with Crippen LogP contribution >= 0.6 is 11.6 Å². The highest BCUT2D eigenvalue weighted by Crippen LogP contribution is 2.60. The van der Waals surface area contributed by atoms with Crippen LogP contribution in [0.15, 0.2) is 48.5 Å². The molecule has 3 amide bonds. The topological polar surface area (TPSA) is 75.7 Å². The Labute approximate surface area is 199 Å². The van der Waals surface area contributed by atoms with Crippen LogP contribution in [-0.2, 0) is 20.8 Å². The number of hydrogen-bond donors (Lipinski definition) is 1. The number of carbonyl (C=O) groups excluding carboxylic acids is 3. The molecule has 174 valence electrons. The number of fused-ring (bicyclic) bond motifs is 2. The van der Waals surface area contributed by atoms with E-state index in [0.717, 1.165) is 5.56 Å². The predicted octanol–water partition coefficient (Wildman–Crippen LogP) is 4.71. The second-order valence-corrected chi connectivity index (χ2v) is 10.1. The van der Waals surface area contributed by atoms with Crippen LogP contribution in [-0.4, -0.2) is 35.8 Å². The Balaban J connectivity index is 1.73. The highest BCUT2D eigenvalue weighted by atomic mass is 35.5. The molecule has 2 aromatic carbocycles. The molecule has 2 aromatic rings. The number of ether oxygens (including phenoxy) is 1. The van der Waals surface area contributed by atoms with Crippen molar-refractivity contribution in [1.82, 2.24) is 4.90 Å². The number of hydrogen-bond acceptors (Lipinski definition) is 4. The number of rotatable bonds is 6. The van der Waals surface area contributed by atoms with Crippen molar-refractivity contribution in [2.75, 3.05) is 12.4 Å². The Hall–Kier alpha value is -2.86. The molecular formula is C26H29ClN2O4. The van der Waals surface area contributed by atoms with E-state index in [1.807, 2.05) is 51.1 Å². The lowest BCUT2D eigenvalue weighted by Crippen LogP contribution is -2.64. The number of likely N-dealkylation sites (tertiary alicyclic amines) is 1. The summed E-state index contributed by atoms with van der Waals surface area (Å²) in [6, 6.07) is 13.3. The third-order valence-corrected chi connectivity index (χ3v) is 7.99. The fraction of sp³-hybridized carbons (Fsp3) is 0.423. The zero-order chi connectivity index (χ0) is 24.0. The molecule has 0 radical (unpaired) electrons. The first-order chi connectivity index (χ1) is 15.6. The molecule has 1 aliphatic heterocycles. The van der Waals surface area contributed by atoms with E-state index in [4.69, 9.17) is 16.3 Å². The van der Waals surface area contributed by atoms with Crippen LogP contribution in [0.5, 0.6) is 5.75 Å². The number of methoxy groups -OCH3 is 1. The molecule has 33 heavy (non-hydrogen) atoms. The minimum Gasteiger partial charge on any atom is -0.495 e. The summed E-state index contributed by atoms with van der Waals surface area (Å²) >= 11 is 6.13. The minimum absolute atomic E-state index is 0.219. The maximum absolute atomic E-state index is 13.8. The summed E-state index contributed by atoms with van der Waals surface area (Å²) in [7, 11) is 1.50. The highest BCUT2D eigenvalue weighted by molar-refractivity contribution is 6.31. The molecule has 2 fully saturated rings. The van der Waals surface area contributed by atoms with Gasteiger partial charge in [0.05, 0.1) is 18.2 Å². The molecule has 7 heteroatoms. The predicted molar refractivity (Wildman–Crippen MR) is 127 cm³/mol. The number of imide groups is 1. The zero-order valence-electron chi connectivity index (χ0n) is 19.4. The maximum atomic E-state index is 13.8. The molecule has 1 saturated heterocycles. The van der Waals surface area contributed by atoms with Crippen LogP contribution in [0.3, 0.4) is 0 Å². The number of benzene rings is 2. The van der Waals surface area contributed by atoms with Crippen molar-refractivity contribution in [1.29, 1.82) is 0 Å². The van der Waals surface area contributed by atoms with Gasteiger partial charge >= 0.3 is 0 Å². The van der Waals surface area contributed by atoms with Gasteiger partial charge in [0.2, 0.25) is 17.7 Å². The van der Waals surface area contributed by atoms with Gasteiger partial charge in [-0.15, -0.1) is 0 Å². The van der Waals surface area contributed by atoms with Crippen LogP contribution in [0.2, 0.25) is 5.02 Å². The molecule has 6 nitrogen and oxygen atoms in total. The Morgan fingerprint density at radius 3 is 2.55 bits per heavy atom. The fourth-order valence-corrected chi connectivity index (χ4v) is 5.45. The molecule has 1 heterocycles. The van der Waals surface area contributed by atoms with Crippen molar-refractivity contribution in [3.63, 3.8) is 0 Å². The second kappa shape index (κ2) is 8.49. The van der Waals surface area contributed by atoms with Crippen molar-refractivity contribution in [2.45, 2.75) is 46.1 Å².